The lowest BCUT2D eigenvalue weighted by Gasteiger charge is -2.36. The zero-order valence-corrected chi connectivity index (χ0v) is 15.3. The van der Waals surface area contributed by atoms with Gasteiger partial charge in [-0.2, -0.15) is 0 Å². The maximum atomic E-state index is 13.3. The van der Waals surface area contributed by atoms with Crippen LogP contribution in [0.25, 0.3) is 10.9 Å². The molecule has 3 saturated heterocycles. The summed E-state index contributed by atoms with van der Waals surface area (Å²) in [4.78, 5) is 32.2. The predicted octanol–water partition coefficient (Wildman–Crippen LogP) is 3.21. The van der Waals surface area contributed by atoms with Gasteiger partial charge in [0, 0.05) is 48.5 Å². The van der Waals surface area contributed by atoms with Gasteiger partial charge < -0.3 is 14.8 Å². The SMILES string of the molecule is CC(=O)N1CC2CCC(C1)N(C(=O)c1[nH]c3ccc(Cl)cc3c1C)C2. The zero-order chi connectivity index (χ0) is 17.7. The van der Waals surface area contributed by atoms with Crippen LogP contribution in [-0.2, 0) is 4.79 Å². The summed E-state index contributed by atoms with van der Waals surface area (Å²) in [7, 11) is 0. The van der Waals surface area contributed by atoms with Crippen molar-refractivity contribution >= 4 is 34.3 Å². The van der Waals surface area contributed by atoms with E-state index in [1.807, 2.05) is 34.9 Å². The second-order valence-electron chi connectivity index (χ2n) is 7.29. The third-order valence-electron chi connectivity index (χ3n) is 5.65. The molecule has 2 unspecified atom stereocenters. The Morgan fingerprint density at radius 1 is 1.20 bits per heavy atom. The number of nitrogens with zero attached hydrogens (tertiary/aromatic N) is 2. The van der Waals surface area contributed by atoms with Crippen LogP contribution in [-0.4, -0.2) is 52.3 Å². The second-order valence-corrected chi connectivity index (χ2v) is 7.73. The van der Waals surface area contributed by atoms with Gasteiger partial charge in [-0.1, -0.05) is 11.6 Å². The van der Waals surface area contributed by atoms with Crippen LogP contribution in [0.4, 0.5) is 0 Å². The van der Waals surface area contributed by atoms with E-state index in [2.05, 4.69) is 4.98 Å². The summed E-state index contributed by atoms with van der Waals surface area (Å²) in [6, 6.07) is 5.73. The van der Waals surface area contributed by atoms with Gasteiger partial charge in [-0.15, -0.1) is 0 Å². The fourth-order valence-electron chi connectivity index (χ4n) is 4.24. The fourth-order valence-corrected chi connectivity index (χ4v) is 4.42. The number of rotatable bonds is 1. The number of H-pyrrole nitrogens is 1. The van der Waals surface area contributed by atoms with Gasteiger partial charge in [-0.25, -0.2) is 0 Å². The van der Waals surface area contributed by atoms with Crippen molar-refractivity contribution in [3.8, 4) is 0 Å². The monoisotopic (exact) mass is 359 g/mol. The topological polar surface area (TPSA) is 56.4 Å². The molecular formula is C19H22ClN3O2. The minimum Gasteiger partial charge on any atom is -0.350 e. The Balaban J connectivity index is 1.67. The highest BCUT2D eigenvalue weighted by atomic mass is 35.5. The molecule has 3 aliphatic rings. The van der Waals surface area contributed by atoms with E-state index < -0.39 is 0 Å². The molecular weight excluding hydrogens is 338 g/mol. The van der Waals surface area contributed by atoms with Crippen LogP contribution < -0.4 is 0 Å². The van der Waals surface area contributed by atoms with Crippen molar-refractivity contribution in [3.63, 3.8) is 0 Å². The van der Waals surface area contributed by atoms with Gasteiger partial charge in [0.05, 0.1) is 0 Å². The smallest absolute Gasteiger partial charge is 0.270 e. The Kier molecular flexibility index (Phi) is 3.99. The van der Waals surface area contributed by atoms with Crippen molar-refractivity contribution < 1.29 is 9.59 Å². The van der Waals surface area contributed by atoms with Crippen LogP contribution in [0.1, 0.15) is 35.8 Å². The van der Waals surface area contributed by atoms with E-state index in [9.17, 15) is 9.59 Å². The summed E-state index contributed by atoms with van der Waals surface area (Å²) in [5.74, 6) is 0.498. The first-order valence-corrected chi connectivity index (χ1v) is 9.16. The Labute approximate surface area is 151 Å². The maximum Gasteiger partial charge on any atom is 0.270 e. The summed E-state index contributed by atoms with van der Waals surface area (Å²) in [6.07, 6.45) is 2.05. The zero-order valence-electron chi connectivity index (χ0n) is 14.5. The third-order valence-corrected chi connectivity index (χ3v) is 5.89. The van der Waals surface area contributed by atoms with Crippen molar-refractivity contribution in [2.24, 2.45) is 5.92 Å². The highest BCUT2D eigenvalue weighted by Crippen LogP contribution is 2.31. The normalized spacial score (nSPS) is 23.2. The highest BCUT2D eigenvalue weighted by Gasteiger charge is 2.38. The number of nitrogens with one attached hydrogen (secondary N) is 1. The number of carbonyl (C=O) groups excluding carboxylic acids is 2. The summed E-state index contributed by atoms with van der Waals surface area (Å²) in [5.41, 5.74) is 2.50. The first-order valence-electron chi connectivity index (χ1n) is 8.78. The molecule has 5 nitrogen and oxygen atoms in total. The van der Waals surface area contributed by atoms with Gasteiger partial charge in [-0.05, 0) is 49.4 Å². The van der Waals surface area contributed by atoms with E-state index >= 15 is 0 Å². The Bertz CT molecular complexity index is 860. The minimum atomic E-state index is 0.0323. The van der Waals surface area contributed by atoms with Gasteiger partial charge in [0.2, 0.25) is 5.91 Å². The molecule has 2 atom stereocenters. The molecule has 0 aliphatic carbocycles. The number of piperidine rings is 1. The van der Waals surface area contributed by atoms with Crippen LogP contribution in [0.2, 0.25) is 5.02 Å². The second kappa shape index (κ2) is 6.06. The Morgan fingerprint density at radius 3 is 2.76 bits per heavy atom. The molecule has 132 valence electrons. The lowest BCUT2D eigenvalue weighted by Crippen LogP contribution is -2.47. The number of halogens is 1. The summed E-state index contributed by atoms with van der Waals surface area (Å²) in [6.45, 7) is 5.70. The predicted molar refractivity (Wildman–Crippen MR) is 97.8 cm³/mol. The molecule has 4 heterocycles. The molecule has 2 aromatic rings. The molecule has 2 bridgehead atoms. The summed E-state index contributed by atoms with van der Waals surface area (Å²) in [5, 5.41) is 1.65. The van der Waals surface area contributed by atoms with E-state index in [0.717, 1.165) is 42.4 Å². The third kappa shape index (κ3) is 2.80. The van der Waals surface area contributed by atoms with Gasteiger partial charge >= 0.3 is 0 Å². The highest BCUT2D eigenvalue weighted by molar-refractivity contribution is 6.31. The minimum absolute atomic E-state index is 0.0323. The summed E-state index contributed by atoms with van der Waals surface area (Å²) >= 11 is 6.10. The molecule has 5 rings (SSSR count). The van der Waals surface area contributed by atoms with Crippen molar-refractivity contribution in [3.05, 3.63) is 34.5 Å². The quantitative estimate of drug-likeness (QED) is 0.850. The average Bonchev–Trinajstić information content (AvgIpc) is 2.76. The fraction of sp³-hybridized carbons (Fsp3) is 0.474. The van der Waals surface area contributed by atoms with Crippen LogP contribution in [0.15, 0.2) is 18.2 Å². The van der Waals surface area contributed by atoms with E-state index in [4.69, 9.17) is 11.6 Å². The Morgan fingerprint density at radius 2 is 2.00 bits per heavy atom. The van der Waals surface area contributed by atoms with Gasteiger partial charge in [0.1, 0.15) is 5.69 Å². The molecule has 0 radical (unpaired) electrons. The van der Waals surface area contributed by atoms with Crippen LogP contribution in [0.5, 0.6) is 0 Å². The molecule has 1 aromatic carbocycles. The standard InChI is InChI=1S/C19H22ClN3O2/c1-11-16-7-14(20)4-6-17(16)21-18(11)19(25)23-9-13-3-5-15(23)10-22(8-13)12(2)24/h4,6-7,13,15,21H,3,5,8-10H2,1-2H3. The molecule has 0 saturated carbocycles. The number of carbonyl (C=O) groups is 2. The Hall–Kier alpha value is -2.01. The van der Waals surface area contributed by atoms with Crippen molar-refractivity contribution in [1.29, 1.82) is 0 Å². The number of benzene rings is 1. The molecule has 0 spiro atoms. The molecule has 1 N–H and O–H groups in total. The number of aryl methyl sites for hydroxylation is 1. The van der Waals surface area contributed by atoms with Crippen molar-refractivity contribution in [2.45, 2.75) is 32.7 Å². The van der Waals surface area contributed by atoms with Gasteiger partial charge in [-0.3, -0.25) is 9.59 Å². The first-order chi connectivity index (χ1) is 11.9. The number of hydrogen-bond acceptors (Lipinski definition) is 2. The van der Waals surface area contributed by atoms with Crippen LogP contribution >= 0.6 is 11.6 Å². The first kappa shape index (κ1) is 16.5. The molecule has 2 amide bonds. The van der Waals surface area contributed by atoms with Crippen LogP contribution in [0.3, 0.4) is 0 Å². The van der Waals surface area contributed by atoms with Gasteiger partial charge in [0.15, 0.2) is 0 Å². The number of aromatic nitrogens is 1. The number of hydrogen-bond donors (Lipinski definition) is 1. The maximum absolute atomic E-state index is 13.3. The lowest BCUT2D eigenvalue weighted by atomic mass is 9.94. The van der Waals surface area contributed by atoms with Crippen LogP contribution in [0, 0.1) is 12.8 Å². The van der Waals surface area contributed by atoms with E-state index in [1.165, 1.54) is 0 Å². The number of fused-ring (bicyclic) bond motifs is 5. The van der Waals surface area contributed by atoms with E-state index in [-0.39, 0.29) is 17.9 Å². The number of aromatic amines is 1. The van der Waals surface area contributed by atoms with Crippen molar-refractivity contribution in [1.82, 2.24) is 14.8 Å². The number of amides is 2. The van der Waals surface area contributed by atoms with E-state index in [0.29, 0.717) is 23.2 Å². The van der Waals surface area contributed by atoms with Crippen molar-refractivity contribution in [2.75, 3.05) is 19.6 Å². The van der Waals surface area contributed by atoms with Gasteiger partial charge in [0.25, 0.3) is 5.91 Å². The molecule has 1 aromatic heterocycles. The summed E-state index contributed by atoms with van der Waals surface area (Å²) < 4.78 is 0. The van der Waals surface area contributed by atoms with E-state index in [1.54, 1.807) is 6.92 Å². The molecule has 3 aliphatic heterocycles. The average molecular weight is 360 g/mol. The molecule has 6 heteroatoms. The molecule has 25 heavy (non-hydrogen) atoms. The largest absolute Gasteiger partial charge is 0.350 e. The molecule has 3 fully saturated rings. The lowest BCUT2D eigenvalue weighted by molar-refractivity contribution is -0.129.